The third-order valence-electron chi connectivity index (χ3n) is 4.91. The Kier molecular flexibility index (Phi) is 4.76. The van der Waals surface area contributed by atoms with Gasteiger partial charge in [-0.3, -0.25) is 14.4 Å². The topological polar surface area (TPSA) is 59.8 Å². The second-order valence-electron chi connectivity index (χ2n) is 7.07. The maximum atomic E-state index is 12.4. The van der Waals surface area contributed by atoms with Gasteiger partial charge in [-0.05, 0) is 12.1 Å². The third-order valence-corrected chi connectivity index (χ3v) is 4.91. The van der Waals surface area contributed by atoms with E-state index >= 15 is 0 Å². The van der Waals surface area contributed by atoms with Crippen molar-refractivity contribution in [3.8, 4) is 0 Å². The van der Waals surface area contributed by atoms with E-state index in [1.165, 1.54) is 0 Å². The number of rotatable bonds is 3. The van der Waals surface area contributed by atoms with Crippen molar-refractivity contribution in [1.82, 2.24) is 14.7 Å². The van der Waals surface area contributed by atoms with E-state index in [4.69, 9.17) is 9.47 Å². The molecular formula is C19H24N4O3. The Bertz CT molecular complexity index is 763. The number of carbonyl (C=O) groups excluding carboxylic acids is 1. The first-order valence-electron chi connectivity index (χ1n) is 8.91. The lowest BCUT2D eigenvalue weighted by atomic mass is 10.0. The molecule has 2 aromatic rings. The van der Waals surface area contributed by atoms with Crippen LogP contribution in [0.4, 0.5) is 5.69 Å². The maximum Gasteiger partial charge on any atom is 0.253 e. The summed E-state index contributed by atoms with van der Waals surface area (Å²) in [4.78, 5) is 16.6. The fraction of sp³-hybridized carbons (Fsp3) is 0.474. The summed E-state index contributed by atoms with van der Waals surface area (Å²) < 4.78 is 13.7. The van der Waals surface area contributed by atoms with Crippen molar-refractivity contribution in [3.05, 3.63) is 48.3 Å². The van der Waals surface area contributed by atoms with Gasteiger partial charge >= 0.3 is 0 Å². The number of para-hydroxylation sites is 1. The lowest BCUT2D eigenvalue weighted by molar-refractivity contribution is -0.146. The summed E-state index contributed by atoms with van der Waals surface area (Å²) in [5.41, 5.74) is 1.56. The smallest absolute Gasteiger partial charge is 0.253 e. The normalized spacial score (nSPS) is 24.8. The Morgan fingerprint density at radius 3 is 2.85 bits per heavy atom. The summed E-state index contributed by atoms with van der Waals surface area (Å²) in [6, 6.07) is 9.77. The predicted molar refractivity (Wildman–Crippen MR) is 96.8 cm³/mol. The van der Waals surface area contributed by atoms with Crippen LogP contribution in [-0.2, 0) is 27.9 Å². The fourth-order valence-electron chi connectivity index (χ4n) is 3.67. The van der Waals surface area contributed by atoms with Crippen LogP contribution in [0.3, 0.4) is 0 Å². The van der Waals surface area contributed by atoms with Crippen molar-refractivity contribution < 1.29 is 14.3 Å². The molecule has 26 heavy (non-hydrogen) atoms. The molecule has 4 rings (SSSR count). The summed E-state index contributed by atoms with van der Waals surface area (Å²) in [6.45, 7) is 4.08. The van der Waals surface area contributed by atoms with E-state index in [1.54, 1.807) is 0 Å². The summed E-state index contributed by atoms with van der Waals surface area (Å²) in [5, 5.41) is 4.25. The zero-order valence-electron chi connectivity index (χ0n) is 15.0. The highest BCUT2D eigenvalue weighted by molar-refractivity contribution is 5.95. The molecule has 1 aromatic carbocycles. The Hall–Kier alpha value is -2.22. The van der Waals surface area contributed by atoms with Gasteiger partial charge in [0.1, 0.15) is 12.2 Å². The summed E-state index contributed by atoms with van der Waals surface area (Å²) in [7, 11) is 1.92. The summed E-state index contributed by atoms with van der Waals surface area (Å²) in [5.74, 6) is -0.00937. The molecule has 2 aliphatic heterocycles. The monoisotopic (exact) mass is 356 g/mol. The molecule has 1 unspecified atom stereocenters. The minimum Gasteiger partial charge on any atom is -0.377 e. The number of ether oxygens (including phenoxy) is 2. The molecule has 0 aliphatic carbocycles. The van der Waals surface area contributed by atoms with Crippen molar-refractivity contribution in [3.63, 3.8) is 0 Å². The number of aryl methyl sites for hydroxylation is 1. The van der Waals surface area contributed by atoms with E-state index in [9.17, 15) is 4.79 Å². The number of nitrogens with zero attached hydrogens (tertiary/aromatic N) is 4. The molecule has 0 saturated carbocycles. The molecule has 0 N–H and O–H groups in total. The maximum absolute atomic E-state index is 12.4. The van der Waals surface area contributed by atoms with Crippen LogP contribution in [-0.4, -0.2) is 65.6 Å². The number of morpholine rings is 1. The van der Waals surface area contributed by atoms with Crippen molar-refractivity contribution in [2.24, 2.45) is 7.05 Å². The number of anilines is 1. The van der Waals surface area contributed by atoms with Gasteiger partial charge in [0.2, 0.25) is 0 Å². The average Bonchev–Trinajstić information content (AvgIpc) is 2.95. The number of carbonyl (C=O) groups is 1. The molecular weight excluding hydrogens is 332 g/mol. The molecule has 0 bridgehead atoms. The molecule has 1 atom stereocenters. The number of hydrogen-bond acceptors (Lipinski definition) is 5. The summed E-state index contributed by atoms with van der Waals surface area (Å²) >= 11 is 0. The molecule has 1 aromatic heterocycles. The minimum absolute atomic E-state index is 0.00937. The number of aromatic nitrogens is 2. The molecule has 3 heterocycles. The Morgan fingerprint density at radius 1 is 1.23 bits per heavy atom. The first-order chi connectivity index (χ1) is 12.6. The van der Waals surface area contributed by atoms with Crippen molar-refractivity contribution in [1.29, 1.82) is 0 Å². The second kappa shape index (κ2) is 7.19. The summed E-state index contributed by atoms with van der Waals surface area (Å²) in [6.07, 6.45) is 3.92. The van der Waals surface area contributed by atoms with Crippen LogP contribution in [0.5, 0.6) is 0 Å². The fourth-order valence-corrected chi connectivity index (χ4v) is 3.67. The van der Waals surface area contributed by atoms with Crippen LogP contribution in [0.15, 0.2) is 42.7 Å². The Balaban J connectivity index is 1.52. The minimum atomic E-state index is -0.511. The van der Waals surface area contributed by atoms with Gasteiger partial charge in [-0.1, -0.05) is 18.2 Å². The van der Waals surface area contributed by atoms with Gasteiger partial charge in [-0.15, -0.1) is 0 Å². The second-order valence-corrected chi connectivity index (χ2v) is 7.07. The average molecular weight is 356 g/mol. The van der Waals surface area contributed by atoms with Gasteiger partial charge < -0.3 is 14.4 Å². The van der Waals surface area contributed by atoms with E-state index < -0.39 is 5.60 Å². The highest BCUT2D eigenvalue weighted by Crippen LogP contribution is 2.27. The van der Waals surface area contributed by atoms with Crippen LogP contribution in [0.25, 0.3) is 0 Å². The van der Waals surface area contributed by atoms with Crippen molar-refractivity contribution in [2.45, 2.75) is 12.1 Å². The largest absolute Gasteiger partial charge is 0.377 e. The third kappa shape index (κ3) is 3.65. The molecule has 1 amide bonds. The number of hydrogen-bond donors (Lipinski definition) is 0. The van der Waals surface area contributed by atoms with Crippen LogP contribution >= 0.6 is 0 Å². The van der Waals surface area contributed by atoms with Gasteiger partial charge in [0, 0.05) is 44.1 Å². The zero-order chi connectivity index (χ0) is 18.0. The molecule has 0 radical (unpaired) electrons. The molecule has 1 spiro atoms. The molecule has 2 aliphatic rings. The molecule has 7 nitrogen and oxygen atoms in total. The molecule has 2 saturated heterocycles. The van der Waals surface area contributed by atoms with Crippen LogP contribution in [0.2, 0.25) is 0 Å². The van der Waals surface area contributed by atoms with E-state index in [2.05, 4.69) is 10.00 Å². The zero-order valence-corrected chi connectivity index (χ0v) is 15.0. The lowest BCUT2D eigenvalue weighted by Gasteiger charge is -2.43. The van der Waals surface area contributed by atoms with Gasteiger partial charge in [-0.25, -0.2) is 0 Å². The molecule has 2 fully saturated rings. The van der Waals surface area contributed by atoms with Crippen LogP contribution in [0, 0.1) is 0 Å². The molecule has 138 valence electrons. The lowest BCUT2D eigenvalue weighted by Crippen LogP contribution is -2.60. The van der Waals surface area contributed by atoms with Gasteiger partial charge in [0.05, 0.1) is 26.0 Å². The Morgan fingerprint density at radius 2 is 2.08 bits per heavy atom. The van der Waals surface area contributed by atoms with Crippen LogP contribution < -0.4 is 4.90 Å². The van der Waals surface area contributed by atoms with Crippen LogP contribution in [0.1, 0.15) is 5.56 Å². The SMILES string of the molecule is Cn1cc(CN2CCOCC3(C2)CN(c2ccccc2)C(=O)CO3)cn1. The highest BCUT2D eigenvalue weighted by Gasteiger charge is 2.43. The van der Waals surface area contributed by atoms with E-state index in [0.717, 1.165) is 30.9 Å². The quantitative estimate of drug-likeness (QED) is 0.823. The first-order valence-corrected chi connectivity index (χ1v) is 8.91. The number of amides is 1. The first kappa shape index (κ1) is 17.2. The van der Waals surface area contributed by atoms with Crippen molar-refractivity contribution in [2.75, 3.05) is 44.4 Å². The van der Waals surface area contributed by atoms with Gasteiger partial charge in [0.25, 0.3) is 5.91 Å². The molecule has 7 heteroatoms. The van der Waals surface area contributed by atoms with Gasteiger partial charge in [-0.2, -0.15) is 5.10 Å². The Labute approximate surface area is 153 Å². The standard InChI is InChI=1S/C19H24N4O3/c1-21-10-16(9-20-21)11-22-7-8-25-15-19(13-22)14-23(18(24)12-26-19)17-5-3-2-4-6-17/h2-6,9-10H,7-8,11-15H2,1H3. The van der Waals surface area contributed by atoms with Crippen molar-refractivity contribution >= 4 is 11.6 Å². The van der Waals surface area contributed by atoms with E-state index in [0.29, 0.717) is 19.8 Å². The van der Waals surface area contributed by atoms with E-state index in [-0.39, 0.29) is 12.5 Å². The highest BCUT2D eigenvalue weighted by atomic mass is 16.6. The van der Waals surface area contributed by atoms with Gasteiger partial charge in [0.15, 0.2) is 0 Å². The predicted octanol–water partition coefficient (Wildman–Crippen LogP) is 1.05. The number of benzene rings is 1. The van der Waals surface area contributed by atoms with E-state index in [1.807, 2.05) is 59.4 Å².